The standard InChI is InChI=1S/C13H16N2O2/c1-9(16)8-11(15(2)3)13-14-10-6-4-5-7-12(10)17-13/h4-7,11H,8H2,1-3H3. The van der Waals surface area contributed by atoms with Gasteiger partial charge in [0.1, 0.15) is 11.3 Å². The number of para-hydroxylation sites is 2. The van der Waals surface area contributed by atoms with Crippen LogP contribution in [-0.2, 0) is 4.79 Å². The first-order valence-electron chi connectivity index (χ1n) is 5.59. The van der Waals surface area contributed by atoms with Crippen LogP contribution in [0.15, 0.2) is 28.7 Å². The summed E-state index contributed by atoms with van der Waals surface area (Å²) in [6.45, 7) is 1.58. The zero-order valence-electron chi connectivity index (χ0n) is 10.3. The lowest BCUT2D eigenvalue weighted by Gasteiger charge is -2.19. The van der Waals surface area contributed by atoms with E-state index in [1.54, 1.807) is 6.92 Å². The summed E-state index contributed by atoms with van der Waals surface area (Å²) in [7, 11) is 3.84. The third-order valence-electron chi connectivity index (χ3n) is 2.70. The van der Waals surface area contributed by atoms with Gasteiger partial charge in [-0.15, -0.1) is 0 Å². The SMILES string of the molecule is CC(=O)CC(c1nc2ccccc2o1)N(C)C. The predicted molar refractivity (Wildman–Crippen MR) is 65.7 cm³/mol. The number of rotatable bonds is 4. The van der Waals surface area contributed by atoms with E-state index in [0.717, 1.165) is 11.1 Å². The van der Waals surface area contributed by atoms with Gasteiger partial charge < -0.3 is 4.42 Å². The van der Waals surface area contributed by atoms with Gasteiger partial charge in [-0.05, 0) is 33.2 Å². The van der Waals surface area contributed by atoms with Gasteiger partial charge in [0, 0.05) is 6.42 Å². The van der Waals surface area contributed by atoms with Crippen LogP contribution in [0.4, 0.5) is 0 Å². The summed E-state index contributed by atoms with van der Waals surface area (Å²) in [6.07, 6.45) is 0.416. The van der Waals surface area contributed by atoms with Crippen molar-refractivity contribution >= 4 is 16.9 Å². The largest absolute Gasteiger partial charge is 0.439 e. The molecule has 17 heavy (non-hydrogen) atoms. The summed E-state index contributed by atoms with van der Waals surface area (Å²) in [6, 6.07) is 7.52. The quantitative estimate of drug-likeness (QED) is 0.812. The molecule has 2 rings (SSSR count). The predicted octanol–water partition coefficient (Wildman–Crippen LogP) is 2.41. The average molecular weight is 232 g/mol. The molecule has 4 heteroatoms. The highest BCUT2D eigenvalue weighted by Crippen LogP contribution is 2.25. The smallest absolute Gasteiger partial charge is 0.213 e. The lowest BCUT2D eigenvalue weighted by Crippen LogP contribution is -2.22. The van der Waals surface area contributed by atoms with Crippen LogP contribution in [0.1, 0.15) is 25.3 Å². The molecule has 0 saturated carbocycles. The number of carbonyl (C=O) groups excluding carboxylic acids is 1. The van der Waals surface area contributed by atoms with E-state index in [4.69, 9.17) is 4.42 Å². The molecule has 1 aromatic heterocycles. The summed E-state index contributed by atoms with van der Waals surface area (Å²) in [5, 5.41) is 0. The molecule has 0 aliphatic rings. The zero-order valence-corrected chi connectivity index (χ0v) is 10.3. The molecule has 4 nitrogen and oxygen atoms in total. The van der Waals surface area contributed by atoms with Crippen LogP contribution in [0, 0.1) is 0 Å². The molecule has 0 N–H and O–H groups in total. The van der Waals surface area contributed by atoms with Crippen molar-refractivity contribution in [1.29, 1.82) is 0 Å². The number of benzene rings is 1. The van der Waals surface area contributed by atoms with Crippen molar-refractivity contribution in [1.82, 2.24) is 9.88 Å². The van der Waals surface area contributed by atoms with Crippen LogP contribution in [0.3, 0.4) is 0 Å². The average Bonchev–Trinajstić information content (AvgIpc) is 2.68. The maximum atomic E-state index is 11.3. The Hall–Kier alpha value is -1.68. The van der Waals surface area contributed by atoms with Gasteiger partial charge in [-0.3, -0.25) is 9.69 Å². The van der Waals surface area contributed by atoms with Gasteiger partial charge in [-0.25, -0.2) is 4.98 Å². The molecule has 0 fully saturated rings. The number of nitrogens with zero attached hydrogens (tertiary/aromatic N) is 2. The fourth-order valence-electron chi connectivity index (χ4n) is 1.80. The topological polar surface area (TPSA) is 46.3 Å². The highest BCUT2D eigenvalue weighted by atomic mass is 16.3. The second-order valence-electron chi connectivity index (χ2n) is 4.41. The Kier molecular flexibility index (Phi) is 3.24. The summed E-state index contributed by atoms with van der Waals surface area (Å²) in [4.78, 5) is 17.6. The Morgan fingerprint density at radius 1 is 1.41 bits per heavy atom. The second kappa shape index (κ2) is 4.67. The normalized spacial score (nSPS) is 13.2. The Balaban J connectivity index is 2.38. The molecule has 1 unspecified atom stereocenters. The number of hydrogen-bond donors (Lipinski definition) is 0. The number of fused-ring (bicyclic) bond motifs is 1. The molecule has 0 spiro atoms. The van der Waals surface area contributed by atoms with Crippen LogP contribution in [0.2, 0.25) is 0 Å². The fraction of sp³-hybridized carbons (Fsp3) is 0.385. The van der Waals surface area contributed by atoms with E-state index in [-0.39, 0.29) is 11.8 Å². The van der Waals surface area contributed by atoms with E-state index in [1.807, 2.05) is 43.3 Å². The number of carbonyl (C=O) groups is 1. The minimum atomic E-state index is -0.0973. The van der Waals surface area contributed by atoms with E-state index < -0.39 is 0 Å². The van der Waals surface area contributed by atoms with Crippen LogP contribution in [-0.4, -0.2) is 29.8 Å². The highest BCUT2D eigenvalue weighted by molar-refractivity contribution is 5.76. The van der Waals surface area contributed by atoms with Gasteiger partial charge in [0.15, 0.2) is 5.58 Å². The van der Waals surface area contributed by atoms with E-state index in [0.29, 0.717) is 12.3 Å². The van der Waals surface area contributed by atoms with E-state index in [2.05, 4.69) is 4.98 Å². The number of oxazole rings is 1. The molecule has 0 aliphatic heterocycles. The Morgan fingerprint density at radius 3 is 2.71 bits per heavy atom. The zero-order chi connectivity index (χ0) is 12.4. The molecule has 0 radical (unpaired) electrons. The van der Waals surface area contributed by atoms with Gasteiger partial charge in [0.2, 0.25) is 5.89 Å². The van der Waals surface area contributed by atoms with Gasteiger partial charge in [-0.2, -0.15) is 0 Å². The van der Waals surface area contributed by atoms with Crippen LogP contribution >= 0.6 is 0 Å². The molecule has 0 amide bonds. The molecule has 1 aromatic carbocycles. The molecule has 0 bridgehead atoms. The van der Waals surface area contributed by atoms with Gasteiger partial charge >= 0.3 is 0 Å². The van der Waals surface area contributed by atoms with E-state index in [9.17, 15) is 4.79 Å². The van der Waals surface area contributed by atoms with Crippen molar-refractivity contribution in [2.24, 2.45) is 0 Å². The molecule has 0 aliphatic carbocycles. The molecular weight excluding hydrogens is 216 g/mol. The third kappa shape index (κ3) is 2.53. The first-order chi connectivity index (χ1) is 8.08. The first kappa shape index (κ1) is 11.8. The minimum Gasteiger partial charge on any atom is -0.439 e. The van der Waals surface area contributed by atoms with Crippen LogP contribution in [0.5, 0.6) is 0 Å². The van der Waals surface area contributed by atoms with E-state index >= 15 is 0 Å². The van der Waals surface area contributed by atoms with Crippen molar-refractivity contribution < 1.29 is 9.21 Å². The van der Waals surface area contributed by atoms with Crippen molar-refractivity contribution in [3.8, 4) is 0 Å². The molecule has 2 aromatic rings. The van der Waals surface area contributed by atoms with Crippen LogP contribution < -0.4 is 0 Å². The second-order valence-corrected chi connectivity index (χ2v) is 4.41. The summed E-state index contributed by atoms with van der Waals surface area (Å²) in [5.74, 6) is 0.734. The first-order valence-corrected chi connectivity index (χ1v) is 5.59. The maximum absolute atomic E-state index is 11.3. The number of aromatic nitrogens is 1. The molecule has 0 saturated heterocycles. The van der Waals surface area contributed by atoms with Crippen molar-refractivity contribution in [3.63, 3.8) is 0 Å². The van der Waals surface area contributed by atoms with Crippen molar-refractivity contribution in [2.45, 2.75) is 19.4 Å². The summed E-state index contributed by atoms with van der Waals surface area (Å²) in [5.41, 5.74) is 1.59. The monoisotopic (exact) mass is 232 g/mol. The maximum Gasteiger partial charge on any atom is 0.213 e. The Labute approximate surface area is 100 Å². The number of Topliss-reactive ketones (excluding diaryl/α,β-unsaturated/α-hetero) is 1. The number of hydrogen-bond acceptors (Lipinski definition) is 4. The molecule has 90 valence electrons. The van der Waals surface area contributed by atoms with Crippen molar-refractivity contribution in [3.05, 3.63) is 30.2 Å². The van der Waals surface area contributed by atoms with Crippen molar-refractivity contribution in [2.75, 3.05) is 14.1 Å². The van der Waals surface area contributed by atoms with Crippen LogP contribution in [0.25, 0.3) is 11.1 Å². The lowest BCUT2D eigenvalue weighted by molar-refractivity contribution is -0.118. The Morgan fingerprint density at radius 2 is 2.12 bits per heavy atom. The number of ketones is 1. The van der Waals surface area contributed by atoms with Gasteiger partial charge in [0.25, 0.3) is 0 Å². The Bertz CT molecular complexity index is 498. The highest BCUT2D eigenvalue weighted by Gasteiger charge is 2.21. The minimum absolute atomic E-state index is 0.0973. The van der Waals surface area contributed by atoms with Gasteiger partial charge in [-0.1, -0.05) is 12.1 Å². The summed E-state index contributed by atoms with van der Waals surface area (Å²) >= 11 is 0. The van der Waals surface area contributed by atoms with E-state index in [1.165, 1.54) is 0 Å². The van der Waals surface area contributed by atoms with Gasteiger partial charge in [0.05, 0.1) is 6.04 Å². The lowest BCUT2D eigenvalue weighted by atomic mass is 10.1. The summed E-state index contributed by atoms with van der Waals surface area (Å²) < 4.78 is 5.69. The fourth-order valence-corrected chi connectivity index (χ4v) is 1.80. The molecule has 1 heterocycles. The molecule has 1 atom stereocenters. The third-order valence-corrected chi connectivity index (χ3v) is 2.70. The molecular formula is C13H16N2O2.